The van der Waals surface area contributed by atoms with Crippen LogP contribution in [0.3, 0.4) is 0 Å². The molecule has 0 aliphatic carbocycles. The topological polar surface area (TPSA) is 83.7 Å². The number of esters is 1. The largest absolute Gasteiger partial charge is 0.461 e. The Kier molecular flexibility index (Phi) is 8.85. The van der Waals surface area contributed by atoms with Crippen LogP contribution in [0.4, 0.5) is 10.5 Å². The van der Waals surface area contributed by atoms with Gasteiger partial charge in [-0.3, -0.25) is 5.32 Å². The monoisotopic (exact) mass is 355 g/mol. The van der Waals surface area contributed by atoms with Crippen LogP contribution in [-0.4, -0.2) is 41.9 Å². The van der Waals surface area contributed by atoms with Crippen molar-refractivity contribution < 1.29 is 19.1 Å². The van der Waals surface area contributed by atoms with Crippen LogP contribution in [0.5, 0.6) is 0 Å². The summed E-state index contributed by atoms with van der Waals surface area (Å²) in [5.41, 5.74) is 0.882. The molecule has 1 heterocycles. The van der Waals surface area contributed by atoms with E-state index in [-0.39, 0.29) is 18.3 Å². The number of nitrogens with zero attached hydrogens (tertiary/aromatic N) is 1. The molecular formula is C16H25N3O4S. The number of nitrogens with one attached hydrogen (secondary N) is 2. The fourth-order valence-corrected chi connectivity index (χ4v) is 2.40. The summed E-state index contributed by atoms with van der Waals surface area (Å²) in [6.07, 6.45) is 3.95. The Hall–Kier alpha value is -2.09. The lowest BCUT2D eigenvalue weighted by Gasteiger charge is -2.25. The van der Waals surface area contributed by atoms with Gasteiger partial charge in [-0.15, -0.1) is 0 Å². The number of hydrogen-bond acceptors (Lipinski definition) is 5. The van der Waals surface area contributed by atoms with Crippen LogP contribution in [0.1, 0.15) is 50.5 Å². The van der Waals surface area contributed by atoms with Gasteiger partial charge in [0.25, 0.3) is 0 Å². The van der Waals surface area contributed by atoms with E-state index in [0.29, 0.717) is 17.9 Å². The molecule has 0 fully saturated rings. The van der Waals surface area contributed by atoms with Gasteiger partial charge in [0, 0.05) is 12.7 Å². The van der Waals surface area contributed by atoms with E-state index in [2.05, 4.69) is 17.2 Å². The Morgan fingerprint density at radius 2 is 1.92 bits per heavy atom. The number of unbranched alkanes of at least 4 members (excludes halogenated alkanes) is 2. The van der Waals surface area contributed by atoms with Crippen molar-refractivity contribution in [2.75, 3.05) is 24.7 Å². The van der Waals surface area contributed by atoms with Crippen molar-refractivity contribution in [1.82, 2.24) is 10.3 Å². The maximum atomic E-state index is 12.1. The normalized spacial score (nSPS) is 10.1. The zero-order valence-corrected chi connectivity index (χ0v) is 15.2. The Morgan fingerprint density at radius 3 is 2.54 bits per heavy atom. The molecule has 0 saturated carbocycles. The number of aromatic amines is 1. The molecule has 8 heteroatoms. The smallest absolute Gasteiger partial charge is 0.413 e. The number of anilines is 1. The summed E-state index contributed by atoms with van der Waals surface area (Å²) >= 11 is 5.32. The molecule has 0 atom stereocenters. The van der Waals surface area contributed by atoms with E-state index >= 15 is 0 Å². The van der Waals surface area contributed by atoms with Gasteiger partial charge in [-0.1, -0.05) is 19.8 Å². The van der Waals surface area contributed by atoms with Crippen LogP contribution in [0, 0.1) is 0 Å². The van der Waals surface area contributed by atoms with Gasteiger partial charge in [-0.25, -0.2) is 9.59 Å². The second-order valence-electron chi connectivity index (χ2n) is 4.97. The number of aromatic nitrogens is 1. The van der Waals surface area contributed by atoms with Crippen molar-refractivity contribution in [3.05, 3.63) is 18.0 Å². The van der Waals surface area contributed by atoms with Crippen molar-refractivity contribution in [2.45, 2.75) is 40.0 Å². The molecule has 0 aliphatic heterocycles. The average molecular weight is 355 g/mol. The lowest BCUT2D eigenvalue weighted by Crippen LogP contribution is -2.44. The van der Waals surface area contributed by atoms with Gasteiger partial charge in [-0.2, -0.15) is 0 Å². The number of H-pyrrole nitrogens is 1. The maximum absolute atomic E-state index is 12.1. The average Bonchev–Trinajstić information content (AvgIpc) is 3.01. The minimum atomic E-state index is -0.615. The van der Waals surface area contributed by atoms with E-state index in [9.17, 15) is 9.59 Å². The molecule has 0 spiro atoms. The third kappa shape index (κ3) is 5.84. The predicted octanol–water partition coefficient (Wildman–Crippen LogP) is 3.22. The van der Waals surface area contributed by atoms with Gasteiger partial charge < -0.3 is 19.4 Å². The summed E-state index contributed by atoms with van der Waals surface area (Å²) in [6.45, 7) is 6.66. The second kappa shape index (κ2) is 10.6. The number of hydrogen-bond donors (Lipinski definition) is 2. The number of carbonyl (C=O) groups is 2. The lowest BCUT2D eigenvalue weighted by molar-refractivity contribution is 0.0521. The standard InChI is InChI=1S/C16H25N3O4S/c1-4-7-8-11-19(15(24)18-16(21)23-6-3)12-9-10-17-13(12)14(20)22-5-2/h9-10,17H,4-8,11H2,1-3H3,(H,18,21,24). The van der Waals surface area contributed by atoms with E-state index in [1.54, 1.807) is 31.0 Å². The molecule has 1 aromatic heterocycles. The van der Waals surface area contributed by atoms with Gasteiger partial charge in [0.2, 0.25) is 0 Å². The van der Waals surface area contributed by atoms with E-state index < -0.39 is 12.1 Å². The molecule has 0 aliphatic rings. The molecule has 0 saturated heterocycles. The summed E-state index contributed by atoms with van der Waals surface area (Å²) in [6, 6.07) is 1.73. The molecule has 7 nitrogen and oxygen atoms in total. The number of amides is 1. The van der Waals surface area contributed by atoms with Crippen LogP contribution in [0.15, 0.2) is 12.3 Å². The van der Waals surface area contributed by atoms with Crippen molar-refractivity contribution >= 4 is 35.1 Å². The molecule has 1 rings (SSSR count). The van der Waals surface area contributed by atoms with E-state index in [1.807, 2.05) is 0 Å². The lowest BCUT2D eigenvalue weighted by atomic mass is 10.2. The van der Waals surface area contributed by atoms with Crippen molar-refractivity contribution in [2.24, 2.45) is 0 Å². The van der Waals surface area contributed by atoms with Gasteiger partial charge in [-0.05, 0) is 38.6 Å². The van der Waals surface area contributed by atoms with Gasteiger partial charge in [0.15, 0.2) is 5.11 Å². The van der Waals surface area contributed by atoms with Gasteiger partial charge >= 0.3 is 12.1 Å². The third-order valence-electron chi connectivity index (χ3n) is 3.21. The summed E-state index contributed by atoms with van der Waals surface area (Å²) in [7, 11) is 0. The van der Waals surface area contributed by atoms with E-state index in [4.69, 9.17) is 21.7 Å². The predicted molar refractivity (Wildman–Crippen MR) is 96.4 cm³/mol. The molecule has 0 radical (unpaired) electrons. The summed E-state index contributed by atoms with van der Waals surface area (Å²) in [5.74, 6) is -0.461. The van der Waals surface area contributed by atoms with E-state index in [0.717, 1.165) is 19.3 Å². The quantitative estimate of drug-likeness (QED) is 0.423. The van der Waals surface area contributed by atoms with Crippen LogP contribution >= 0.6 is 12.2 Å². The van der Waals surface area contributed by atoms with E-state index in [1.165, 1.54) is 0 Å². The highest BCUT2D eigenvalue weighted by molar-refractivity contribution is 7.80. The number of carbonyl (C=O) groups excluding carboxylic acids is 2. The first-order valence-corrected chi connectivity index (χ1v) is 8.55. The highest BCUT2D eigenvalue weighted by Gasteiger charge is 2.22. The van der Waals surface area contributed by atoms with Crippen LogP contribution in [0.2, 0.25) is 0 Å². The number of thiocarbonyl (C=S) groups is 1. The minimum Gasteiger partial charge on any atom is -0.461 e. The van der Waals surface area contributed by atoms with Crippen molar-refractivity contribution in [1.29, 1.82) is 0 Å². The van der Waals surface area contributed by atoms with Crippen LogP contribution in [0.25, 0.3) is 0 Å². The highest BCUT2D eigenvalue weighted by Crippen LogP contribution is 2.21. The van der Waals surface area contributed by atoms with Crippen molar-refractivity contribution in [3.63, 3.8) is 0 Å². The Labute approximate surface area is 147 Å². The second-order valence-corrected chi connectivity index (χ2v) is 5.35. The van der Waals surface area contributed by atoms with Crippen LogP contribution < -0.4 is 10.2 Å². The van der Waals surface area contributed by atoms with Crippen LogP contribution in [-0.2, 0) is 9.47 Å². The number of rotatable bonds is 8. The highest BCUT2D eigenvalue weighted by atomic mass is 32.1. The molecule has 1 aromatic rings. The molecular weight excluding hydrogens is 330 g/mol. The first-order chi connectivity index (χ1) is 11.5. The Bertz CT molecular complexity index is 559. The molecule has 2 N–H and O–H groups in total. The fraction of sp³-hybridized carbons (Fsp3) is 0.562. The molecule has 0 aromatic carbocycles. The summed E-state index contributed by atoms with van der Waals surface area (Å²) in [4.78, 5) is 28.3. The third-order valence-corrected chi connectivity index (χ3v) is 3.53. The number of ether oxygens (including phenoxy) is 2. The molecule has 0 unspecified atom stereocenters. The summed E-state index contributed by atoms with van der Waals surface area (Å²) in [5, 5.41) is 2.71. The molecule has 134 valence electrons. The zero-order chi connectivity index (χ0) is 17.9. The first kappa shape index (κ1) is 20.0. The van der Waals surface area contributed by atoms with Gasteiger partial charge in [0.1, 0.15) is 5.69 Å². The molecule has 0 bridgehead atoms. The SMILES string of the molecule is CCCCCN(C(=S)NC(=O)OCC)c1cc[nH]c1C(=O)OCC. The number of alkyl carbamates (subject to hydrolysis) is 1. The molecule has 24 heavy (non-hydrogen) atoms. The maximum Gasteiger partial charge on any atom is 0.413 e. The van der Waals surface area contributed by atoms with Crippen molar-refractivity contribution in [3.8, 4) is 0 Å². The summed E-state index contributed by atoms with van der Waals surface area (Å²) < 4.78 is 9.91. The molecule has 1 amide bonds. The first-order valence-electron chi connectivity index (χ1n) is 8.14. The minimum absolute atomic E-state index is 0.190. The Morgan fingerprint density at radius 1 is 1.21 bits per heavy atom. The Balaban J connectivity index is 2.97. The van der Waals surface area contributed by atoms with Gasteiger partial charge in [0.05, 0.1) is 18.9 Å². The fourth-order valence-electron chi connectivity index (χ4n) is 2.13. The zero-order valence-electron chi connectivity index (χ0n) is 14.4.